The van der Waals surface area contributed by atoms with Crippen LogP contribution in [0.1, 0.15) is 41.0 Å². The Bertz CT molecular complexity index is 351. The van der Waals surface area contributed by atoms with Crippen LogP contribution in [-0.2, 0) is 4.79 Å². The molecule has 1 rings (SSSR count). The second-order valence-electron chi connectivity index (χ2n) is 6.80. The number of carbonyl (C=O) groups is 1. The molecule has 1 aliphatic rings. The van der Waals surface area contributed by atoms with Crippen molar-refractivity contribution in [3.05, 3.63) is 0 Å². The van der Waals surface area contributed by atoms with Gasteiger partial charge in [0.25, 0.3) is 5.91 Å². The van der Waals surface area contributed by atoms with Gasteiger partial charge in [0.2, 0.25) is 0 Å². The van der Waals surface area contributed by atoms with Crippen molar-refractivity contribution in [2.24, 2.45) is 17.8 Å². The first-order valence-corrected chi connectivity index (χ1v) is 7.32. The highest BCUT2D eigenvalue weighted by Gasteiger charge is 2.32. The van der Waals surface area contributed by atoms with E-state index in [9.17, 15) is 10.1 Å². The Labute approximate surface area is 117 Å². The van der Waals surface area contributed by atoms with Crippen molar-refractivity contribution in [1.82, 2.24) is 5.32 Å². The van der Waals surface area contributed by atoms with Crippen LogP contribution in [0.25, 0.3) is 0 Å². The van der Waals surface area contributed by atoms with E-state index in [1.54, 1.807) is 6.92 Å². The van der Waals surface area contributed by atoms with Crippen LogP contribution < -0.4 is 10.2 Å². The topological polar surface area (TPSA) is 57.3 Å². The molecule has 19 heavy (non-hydrogen) atoms. The molecule has 1 aliphatic heterocycles. The number of piperidine rings is 1. The van der Waals surface area contributed by atoms with Gasteiger partial charge < -0.3 is 10.2 Å². The molecule has 0 aliphatic carbocycles. The van der Waals surface area contributed by atoms with Gasteiger partial charge in [0.1, 0.15) is 5.54 Å². The van der Waals surface area contributed by atoms with Crippen LogP contribution in [-0.4, -0.2) is 31.1 Å². The Morgan fingerprint density at radius 3 is 2.37 bits per heavy atom. The maximum absolute atomic E-state index is 12.1. The Morgan fingerprint density at radius 1 is 1.42 bits per heavy atom. The Balaban J connectivity index is 2.54. The molecule has 2 N–H and O–H groups in total. The summed E-state index contributed by atoms with van der Waals surface area (Å²) in [7, 11) is 0. The van der Waals surface area contributed by atoms with E-state index in [1.165, 1.54) is 11.3 Å². The lowest BCUT2D eigenvalue weighted by atomic mass is 9.89. The molecule has 4 nitrogen and oxygen atoms in total. The van der Waals surface area contributed by atoms with E-state index < -0.39 is 5.54 Å². The fraction of sp³-hybridized carbons (Fsp3) is 0.867. The summed E-state index contributed by atoms with van der Waals surface area (Å²) in [5, 5.41) is 12.1. The predicted octanol–water partition coefficient (Wildman–Crippen LogP) is 0.602. The summed E-state index contributed by atoms with van der Waals surface area (Å²) in [5.41, 5.74) is -0.760. The summed E-state index contributed by atoms with van der Waals surface area (Å²) in [6.07, 6.45) is 1.26. The number of nitrogens with zero attached hydrogens (tertiary/aromatic N) is 1. The van der Waals surface area contributed by atoms with Crippen molar-refractivity contribution >= 4 is 5.91 Å². The SMILES string of the molecule is CC(C)[C@](C)(C#N)NC(=O)C[NH+]1C[C@@H](C)C[C@H](C)C1. The highest BCUT2D eigenvalue weighted by atomic mass is 16.2. The van der Waals surface area contributed by atoms with Crippen LogP contribution >= 0.6 is 0 Å². The predicted molar refractivity (Wildman–Crippen MR) is 75.5 cm³/mol. The van der Waals surface area contributed by atoms with E-state index in [0.717, 1.165) is 13.1 Å². The third-order valence-electron chi connectivity index (χ3n) is 4.28. The number of rotatable bonds is 4. The van der Waals surface area contributed by atoms with E-state index >= 15 is 0 Å². The van der Waals surface area contributed by atoms with Gasteiger partial charge in [-0.1, -0.05) is 27.7 Å². The molecule has 0 unspecified atom stereocenters. The molecule has 0 aromatic carbocycles. The number of nitriles is 1. The van der Waals surface area contributed by atoms with Crippen molar-refractivity contribution in [3.8, 4) is 6.07 Å². The van der Waals surface area contributed by atoms with Gasteiger partial charge in [-0.2, -0.15) is 5.26 Å². The van der Waals surface area contributed by atoms with Gasteiger partial charge >= 0.3 is 0 Å². The van der Waals surface area contributed by atoms with Crippen LogP contribution in [0.4, 0.5) is 0 Å². The van der Waals surface area contributed by atoms with Crippen molar-refractivity contribution in [3.63, 3.8) is 0 Å². The average molecular weight is 266 g/mol. The van der Waals surface area contributed by atoms with Gasteiger partial charge in [-0.25, -0.2) is 0 Å². The zero-order valence-electron chi connectivity index (χ0n) is 12.9. The van der Waals surface area contributed by atoms with Crippen molar-refractivity contribution in [2.75, 3.05) is 19.6 Å². The maximum Gasteiger partial charge on any atom is 0.276 e. The molecule has 0 saturated carbocycles. The zero-order valence-corrected chi connectivity index (χ0v) is 12.9. The molecule has 1 saturated heterocycles. The lowest BCUT2D eigenvalue weighted by Gasteiger charge is -2.33. The molecule has 0 aromatic rings. The summed E-state index contributed by atoms with van der Waals surface area (Å²) in [6, 6.07) is 2.22. The van der Waals surface area contributed by atoms with Crippen LogP contribution in [0.2, 0.25) is 0 Å². The maximum atomic E-state index is 12.1. The number of carbonyl (C=O) groups excluding carboxylic acids is 1. The van der Waals surface area contributed by atoms with E-state index in [0.29, 0.717) is 18.4 Å². The molecule has 3 atom stereocenters. The summed E-state index contributed by atoms with van der Waals surface area (Å²) in [5.74, 6) is 1.46. The van der Waals surface area contributed by atoms with E-state index in [4.69, 9.17) is 0 Å². The Kier molecular flexibility index (Phi) is 5.37. The molecular formula is C15H28N3O+. The first kappa shape index (κ1) is 16.0. The Morgan fingerprint density at radius 2 is 1.95 bits per heavy atom. The summed E-state index contributed by atoms with van der Waals surface area (Å²) < 4.78 is 0. The van der Waals surface area contributed by atoms with Crippen molar-refractivity contribution in [2.45, 2.75) is 46.6 Å². The smallest absolute Gasteiger partial charge is 0.276 e. The molecule has 1 heterocycles. The third kappa shape index (κ3) is 4.50. The summed E-state index contributed by atoms with van der Waals surface area (Å²) >= 11 is 0. The number of nitrogens with one attached hydrogen (secondary N) is 2. The third-order valence-corrected chi connectivity index (χ3v) is 4.28. The van der Waals surface area contributed by atoms with E-state index in [2.05, 4.69) is 25.2 Å². The lowest BCUT2D eigenvalue weighted by molar-refractivity contribution is -0.904. The minimum absolute atomic E-state index is 0.00551. The normalized spacial score (nSPS) is 30.5. The van der Waals surface area contributed by atoms with Crippen LogP contribution in [0.5, 0.6) is 0 Å². The molecule has 1 amide bonds. The average Bonchev–Trinajstić information content (AvgIpc) is 2.26. The molecular weight excluding hydrogens is 238 g/mol. The fourth-order valence-electron chi connectivity index (χ4n) is 2.93. The summed E-state index contributed by atoms with van der Waals surface area (Å²) in [6.45, 7) is 12.8. The monoisotopic (exact) mass is 266 g/mol. The van der Waals surface area contributed by atoms with Gasteiger partial charge in [-0.05, 0) is 19.3 Å². The van der Waals surface area contributed by atoms with E-state index in [1.807, 2.05) is 13.8 Å². The van der Waals surface area contributed by atoms with Gasteiger partial charge in [-0.3, -0.25) is 4.79 Å². The fourth-order valence-corrected chi connectivity index (χ4v) is 2.93. The molecule has 0 aromatic heterocycles. The van der Waals surface area contributed by atoms with Crippen molar-refractivity contribution in [1.29, 1.82) is 5.26 Å². The molecule has 108 valence electrons. The van der Waals surface area contributed by atoms with Crippen molar-refractivity contribution < 1.29 is 9.69 Å². The molecule has 0 radical (unpaired) electrons. The van der Waals surface area contributed by atoms with Gasteiger partial charge in [0.05, 0.1) is 19.2 Å². The molecule has 0 bridgehead atoms. The quantitative estimate of drug-likeness (QED) is 0.783. The highest BCUT2D eigenvalue weighted by molar-refractivity contribution is 5.78. The minimum atomic E-state index is -0.760. The second kappa shape index (κ2) is 6.38. The molecule has 0 spiro atoms. The standard InChI is InChI=1S/C15H27N3O/c1-11(2)15(5,10-16)17-14(19)9-18-7-12(3)6-13(4)8-18/h11-13H,6-9H2,1-5H3,(H,17,19)/p+1/t12-,13-,15-/m0/s1. The molecule has 4 heteroatoms. The zero-order chi connectivity index (χ0) is 14.6. The number of hydrogen-bond acceptors (Lipinski definition) is 2. The summed E-state index contributed by atoms with van der Waals surface area (Å²) in [4.78, 5) is 13.5. The number of likely N-dealkylation sites (tertiary alicyclic amines) is 1. The minimum Gasteiger partial charge on any atom is -0.333 e. The van der Waals surface area contributed by atoms with Gasteiger partial charge in [-0.15, -0.1) is 0 Å². The van der Waals surface area contributed by atoms with Crippen LogP contribution in [0, 0.1) is 29.1 Å². The lowest BCUT2D eigenvalue weighted by Crippen LogP contribution is -3.15. The second-order valence-corrected chi connectivity index (χ2v) is 6.80. The number of amides is 1. The number of hydrogen-bond donors (Lipinski definition) is 2. The highest BCUT2D eigenvalue weighted by Crippen LogP contribution is 2.15. The van der Waals surface area contributed by atoms with Gasteiger partial charge in [0.15, 0.2) is 6.54 Å². The number of quaternary nitrogens is 1. The van der Waals surface area contributed by atoms with Crippen LogP contribution in [0.3, 0.4) is 0 Å². The van der Waals surface area contributed by atoms with Crippen LogP contribution in [0.15, 0.2) is 0 Å². The molecule has 1 fully saturated rings. The Hall–Kier alpha value is -1.08. The first-order valence-electron chi connectivity index (χ1n) is 7.32. The van der Waals surface area contributed by atoms with E-state index in [-0.39, 0.29) is 11.8 Å². The van der Waals surface area contributed by atoms with Gasteiger partial charge in [0, 0.05) is 11.8 Å². The first-order chi connectivity index (χ1) is 8.76. The largest absolute Gasteiger partial charge is 0.333 e.